The van der Waals surface area contributed by atoms with Crippen LogP contribution in [-0.4, -0.2) is 11.1 Å². The molecule has 1 aliphatic rings. The van der Waals surface area contributed by atoms with E-state index in [-0.39, 0.29) is 22.8 Å². The molecular formula is C20H32MnO3. The van der Waals surface area contributed by atoms with Gasteiger partial charge in [0, 0.05) is 17.1 Å². The molecular weight excluding hydrogens is 343 g/mol. The minimum absolute atomic E-state index is 0. The maximum absolute atomic E-state index is 10.5. The van der Waals surface area contributed by atoms with Crippen molar-refractivity contribution in [3.8, 4) is 0 Å². The van der Waals surface area contributed by atoms with E-state index in [9.17, 15) is 4.79 Å². The molecule has 1 aliphatic heterocycles. The van der Waals surface area contributed by atoms with Gasteiger partial charge in [0.25, 0.3) is 5.76 Å². The molecule has 0 fully saturated rings. The van der Waals surface area contributed by atoms with Gasteiger partial charge in [-0.1, -0.05) is 89.4 Å². The fourth-order valence-electron chi connectivity index (χ4n) is 2.59. The van der Waals surface area contributed by atoms with E-state index in [1.165, 1.54) is 70.6 Å². The van der Waals surface area contributed by atoms with Gasteiger partial charge in [-0.15, -0.1) is 0 Å². The fraction of sp³-hybridized carbons (Fsp3) is 0.650. The van der Waals surface area contributed by atoms with Crippen LogP contribution in [0.4, 0.5) is 0 Å². The minimum Gasteiger partial charge on any atom is -0.475 e. The summed E-state index contributed by atoms with van der Waals surface area (Å²) in [5.74, 6) is -0.452. The van der Waals surface area contributed by atoms with E-state index in [0.29, 0.717) is 5.76 Å². The monoisotopic (exact) mass is 375 g/mol. The molecule has 24 heavy (non-hydrogen) atoms. The van der Waals surface area contributed by atoms with Crippen LogP contribution in [0.15, 0.2) is 35.8 Å². The molecule has 0 spiro atoms. The van der Waals surface area contributed by atoms with Crippen LogP contribution in [0.5, 0.6) is 0 Å². The van der Waals surface area contributed by atoms with Gasteiger partial charge in [0.15, 0.2) is 5.76 Å². The number of aliphatic carboxylic acids is 1. The van der Waals surface area contributed by atoms with Crippen LogP contribution >= 0.6 is 0 Å². The molecule has 0 aromatic carbocycles. The Kier molecular flexibility index (Phi) is 14.9. The van der Waals surface area contributed by atoms with Crippen molar-refractivity contribution < 1.29 is 31.7 Å². The molecule has 0 saturated carbocycles. The molecule has 0 aromatic rings. The van der Waals surface area contributed by atoms with Crippen molar-refractivity contribution in [3.63, 3.8) is 0 Å². The summed E-state index contributed by atoms with van der Waals surface area (Å²) in [5.41, 5.74) is 0. The van der Waals surface area contributed by atoms with E-state index in [2.05, 4.69) is 13.0 Å². The zero-order chi connectivity index (χ0) is 16.8. The van der Waals surface area contributed by atoms with Crippen LogP contribution < -0.4 is 0 Å². The number of hydrogen-bond acceptors (Lipinski definition) is 2. The molecule has 0 atom stereocenters. The first kappa shape index (κ1) is 23.0. The summed E-state index contributed by atoms with van der Waals surface area (Å²) in [6.45, 7) is 2.26. The quantitative estimate of drug-likeness (QED) is 0.213. The Labute approximate surface area is 157 Å². The molecule has 3 nitrogen and oxygen atoms in total. The van der Waals surface area contributed by atoms with Gasteiger partial charge in [0.05, 0.1) is 0 Å². The molecule has 0 amide bonds. The second-order valence-corrected chi connectivity index (χ2v) is 6.21. The molecule has 1 heterocycles. The van der Waals surface area contributed by atoms with Crippen molar-refractivity contribution in [2.75, 3.05) is 0 Å². The summed E-state index contributed by atoms with van der Waals surface area (Å²) < 4.78 is 4.81. The van der Waals surface area contributed by atoms with Crippen LogP contribution in [0.25, 0.3) is 0 Å². The number of carbonyl (C=O) groups is 1. The van der Waals surface area contributed by atoms with Crippen LogP contribution in [0.1, 0.15) is 84.0 Å². The predicted molar refractivity (Wildman–Crippen MR) is 95.1 cm³/mol. The van der Waals surface area contributed by atoms with E-state index >= 15 is 0 Å². The number of rotatable bonds is 15. The van der Waals surface area contributed by atoms with E-state index in [1.807, 2.05) is 12.2 Å². The maximum Gasteiger partial charge on any atom is 0.375 e. The Balaban J connectivity index is 0.00000529. The predicted octanol–water partition coefficient (Wildman–Crippen LogP) is 6.12. The third kappa shape index (κ3) is 12.4. The molecule has 0 bridgehead atoms. The number of carboxylic acid groups (broad SMARTS) is 1. The van der Waals surface area contributed by atoms with Crippen molar-refractivity contribution in [1.29, 1.82) is 0 Å². The topological polar surface area (TPSA) is 49.8 Å². The Hall–Kier alpha value is -0.991. The van der Waals surface area contributed by atoms with Crippen LogP contribution in [0.3, 0.4) is 0 Å². The number of hydrogen-bond donors (Lipinski definition) is 1. The molecule has 0 aliphatic carbocycles. The molecule has 137 valence electrons. The smallest absolute Gasteiger partial charge is 0.375 e. The molecule has 1 radical (unpaired) electrons. The van der Waals surface area contributed by atoms with Gasteiger partial charge >= 0.3 is 5.97 Å². The summed E-state index contributed by atoms with van der Waals surface area (Å²) in [7, 11) is 0. The normalized spacial score (nSPS) is 13.4. The van der Waals surface area contributed by atoms with Gasteiger partial charge in [0.1, 0.15) is 0 Å². The van der Waals surface area contributed by atoms with Gasteiger partial charge in [-0.3, -0.25) is 0 Å². The summed E-state index contributed by atoms with van der Waals surface area (Å²) in [6, 6.07) is 0. The molecule has 0 unspecified atom stereocenters. The Morgan fingerprint density at radius 3 is 1.96 bits per heavy atom. The third-order valence-corrected chi connectivity index (χ3v) is 4.06. The van der Waals surface area contributed by atoms with Crippen molar-refractivity contribution >= 4 is 5.97 Å². The van der Waals surface area contributed by atoms with Crippen molar-refractivity contribution in [2.24, 2.45) is 0 Å². The summed E-state index contributed by atoms with van der Waals surface area (Å²) in [6.07, 6.45) is 23.8. The van der Waals surface area contributed by atoms with Gasteiger partial charge in [-0.25, -0.2) is 4.79 Å². The van der Waals surface area contributed by atoms with E-state index in [4.69, 9.17) is 9.84 Å². The second-order valence-electron chi connectivity index (χ2n) is 6.21. The number of unbranched alkanes of at least 4 members (excludes halogenated alkanes) is 11. The zero-order valence-corrected chi connectivity index (χ0v) is 16.1. The second kappa shape index (κ2) is 15.5. The molecule has 4 heteroatoms. The van der Waals surface area contributed by atoms with Crippen LogP contribution in [-0.2, 0) is 26.6 Å². The zero-order valence-electron chi connectivity index (χ0n) is 14.9. The number of ether oxygens (including phenoxy) is 1. The first-order valence-electron chi connectivity index (χ1n) is 9.24. The SMILES string of the molecule is CCCCCCCCCCCCCC=CC=CC1=C(C(=O)O)O1.[Mn]. The number of carboxylic acids is 1. The Morgan fingerprint density at radius 2 is 1.46 bits per heavy atom. The first-order valence-corrected chi connectivity index (χ1v) is 9.24. The first-order chi connectivity index (χ1) is 11.3. The van der Waals surface area contributed by atoms with E-state index in [0.717, 1.165) is 6.42 Å². The fourth-order valence-corrected chi connectivity index (χ4v) is 2.59. The Morgan fingerprint density at radius 1 is 0.917 bits per heavy atom. The van der Waals surface area contributed by atoms with Crippen molar-refractivity contribution in [1.82, 2.24) is 0 Å². The number of allylic oxidation sites excluding steroid dienone is 4. The van der Waals surface area contributed by atoms with Crippen molar-refractivity contribution in [3.05, 3.63) is 35.8 Å². The average Bonchev–Trinajstić information content (AvgIpc) is 3.31. The van der Waals surface area contributed by atoms with Gasteiger partial charge in [0.2, 0.25) is 0 Å². The summed E-state index contributed by atoms with van der Waals surface area (Å²) >= 11 is 0. The van der Waals surface area contributed by atoms with Crippen LogP contribution in [0.2, 0.25) is 0 Å². The molecule has 1 N–H and O–H groups in total. The van der Waals surface area contributed by atoms with E-state index in [1.54, 1.807) is 6.08 Å². The maximum atomic E-state index is 10.5. The van der Waals surface area contributed by atoms with Gasteiger partial charge in [-0.05, 0) is 18.9 Å². The van der Waals surface area contributed by atoms with Crippen molar-refractivity contribution in [2.45, 2.75) is 84.0 Å². The Bertz CT molecular complexity index is 425. The average molecular weight is 375 g/mol. The van der Waals surface area contributed by atoms with Crippen LogP contribution in [0, 0.1) is 0 Å². The third-order valence-electron chi connectivity index (χ3n) is 4.06. The molecule has 0 saturated heterocycles. The summed E-state index contributed by atoms with van der Waals surface area (Å²) in [4.78, 5) is 10.5. The summed E-state index contributed by atoms with van der Waals surface area (Å²) in [5, 5.41) is 8.61. The molecule has 0 aromatic heterocycles. The van der Waals surface area contributed by atoms with Gasteiger partial charge < -0.3 is 9.84 Å². The van der Waals surface area contributed by atoms with Gasteiger partial charge in [-0.2, -0.15) is 0 Å². The van der Waals surface area contributed by atoms with E-state index < -0.39 is 5.97 Å². The minimum atomic E-state index is -0.991. The molecule has 1 rings (SSSR count). The standard InChI is InChI=1S/C20H32O3.Mn/c1-2-3-4-5-6-7-8-9-10-11-12-13-14-15-16-17-18-19(23-18)20(21)22;/h14-17H,2-13H2,1H3,(H,21,22);. The largest absolute Gasteiger partial charge is 0.475 e.